The van der Waals surface area contributed by atoms with Crippen molar-refractivity contribution in [2.24, 2.45) is 0 Å². The van der Waals surface area contributed by atoms with Crippen molar-refractivity contribution >= 4 is 78.5 Å². The Balaban J connectivity index is 1.37. The van der Waals surface area contributed by atoms with Crippen LogP contribution in [-0.2, 0) is 0 Å². The van der Waals surface area contributed by atoms with Crippen molar-refractivity contribution < 1.29 is 0 Å². The first-order valence-corrected chi connectivity index (χ1v) is 19.7. The third kappa shape index (κ3) is 5.96. The molecule has 8 aromatic rings. The van der Waals surface area contributed by atoms with Crippen molar-refractivity contribution in [3.8, 4) is 0 Å². The van der Waals surface area contributed by atoms with Crippen LogP contribution in [-0.4, -0.2) is 13.4 Å². The normalized spacial score (nSPS) is 11.7. The second-order valence-corrected chi connectivity index (χ2v) is 16.9. The summed E-state index contributed by atoms with van der Waals surface area (Å²) in [5.74, 6) is 0. The molecule has 266 valence electrons. The van der Waals surface area contributed by atoms with Crippen LogP contribution in [0.3, 0.4) is 0 Å². The molecule has 0 aromatic heterocycles. The van der Waals surface area contributed by atoms with Gasteiger partial charge < -0.3 is 0 Å². The molecule has 0 aliphatic rings. The van der Waals surface area contributed by atoms with Crippen molar-refractivity contribution in [2.75, 3.05) is 0 Å². The number of hydrogen-bond donors (Lipinski definition) is 0. The molecular formula is C52H52B2. The van der Waals surface area contributed by atoms with Crippen LogP contribution in [0, 0.1) is 83.1 Å². The molecular weight excluding hydrogens is 646 g/mol. The molecule has 0 unspecified atom stereocenters. The molecule has 2 heteroatoms. The summed E-state index contributed by atoms with van der Waals surface area (Å²) in [6.07, 6.45) is 0. The van der Waals surface area contributed by atoms with E-state index in [1.807, 2.05) is 0 Å². The zero-order chi connectivity index (χ0) is 38.3. The van der Waals surface area contributed by atoms with Gasteiger partial charge >= 0.3 is 0 Å². The van der Waals surface area contributed by atoms with E-state index < -0.39 is 0 Å². The van der Waals surface area contributed by atoms with Crippen molar-refractivity contribution in [1.29, 1.82) is 0 Å². The van der Waals surface area contributed by atoms with E-state index in [0.29, 0.717) is 0 Å². The van der Waals surface area contributed by atoms with E-state index in [1.165, 1.54) is 132 Å². The molecule has 0 heterocycles. The van der Waals surface area contributed by atoms with Crippen LogP contribution < -0.4 is 32.8 Å². The predicted molar refractivity (Wildman–Crippen MR) is 242 cm³/mol. The van der Waals surface area contributed by atoms with Crippen LogP contribution in [0.15, 0.2) is 97.1 Å². The van der Waals surface area contributed by atoms with Crippen molar-refractivity contribution in [1.82, 2.24) is 0 Å². The van der Waals surface area contributed by atoms with Gasteiger partial charge in [-0.15, -0.1) is 0 Å². The second kappa shape index (κ2) is 13.3. The van der Waals surface area contributed by atoms with E-state index in [2.05, 4.69) is 180 Å². The zero-order valence-electron chi connectivity index (χ0n) is 34.4. The summed E-state index contributed by atoms with van der Waals surface area (Å²) in [4.78, 5) is 0. The fourth-order valence-electron chi connectivity index (χ4n) is 10.8. The number of benzene rings is 8. The molecule has 0 nitrogen and oxygen atoms in total. The van der Waals surface area contributed by atoms with Crippen LogP contribution in [0.1, 0.15) is 66.8 Å². The molecule has 0 saturated heterocycles. The van der Waals surface area contributed by atoms with E-state index in [0.717, 1.165) is 0 Å². The van der Waals surface area contributed by atoms with E-state index >= 15 is 0 Å². The van der Waals surface area contributed by atoms with E-state index in [4.69, 9.17) is 0 Å². The third-order valence-electron chi connectivity index (χ3n) is 12.4. The van der Waals surface area contributed by atoms with E-state index in [9.17, 15) is 0 Å². The molecule has 0 saturated carbocycles. The summed E-state index contributed by atoms with van der Waals surface area (Å²) in [6, 6.07) is 38.5. The lowest BCUT2D eigenvalue weighted by Gasteiger charge is -2.26. The summed E-state index contributed by atoms with van der Waals surface area (Å²) < 4.78 is 0. The lowest BCUT2D eigenvalue weighted by atomic mass is 9.34. The van der Waals surface area contributed by atoms with Gasteiger partial charge in [-0.2, -0.15) is 0 Å². The number of rotatable bonds is 6. The number of aryl methyl sites for hydroxylation is 12. The number of hydrogen-bond acceptors (Lipinski definition) is 0. The maximum atomic E-state index is 2.50. The standard InChI is InChI=1S/C52H52B2/c1-29-17-33(5)49(34(6)18-29)53(50-35(7)19-30(2)20-36(50)8)45-25-41-13-15-43-27-46(28-44-16-14-42(26-45)47(41)48(43)44)54(51-37(9)21-31(3)22-38(51)10)52-39(11)23-32(4)24-40(52)12/h13-28H,1-12H3. The average molecular weight is 699 g/mol. The lowest BCUT2D eigenvalue weighted by Crippen LogP contribution is -2.56. The van der Waals surface area contributed by atoms with Gasteiger partial charge in [0.05, 0.1) is 0 Å². The van der Waals surface area contributed by atoms with Crippen LogP contribution in [0.2, 0.25) is 0 Å². The highest BCUT2D eigenvalue weighted by Gasteiger charge is 2.31. The Morgan fingerprint density at radius 1 is 0.259 bits per heavy atom. The summed E-state index contributed by atoms with van der Waals surface area (Å²) in [5, 5.41) is 8.00. The second-order valence-electron chi connectivity index (χ2n) is 16.9. The maximum absolute atomic E-state index is 2.50. The van der Waals surface area contributed by atoms with Gasteiger partial charge in [0.25, 0.3) is 0 Å². The van der Waals surface area contributed by atoms with E-state index in [1.54, 1.807) is 0 Å². The fraction of sp³-hybridized carbons (Fsp3) is 0.231. The Labute approximate surface area is 324 Å². The van der Waals surface area contributed by atoms with Gasteiger partial charge in [-0.3, -0.25) is 0 Å². The smallest absolute Gasteiger partial charge is 0.0674 e. The first-order chi connectivity index (χ1) is 25.7. The third-order valence-corrected chi connectivity index (χ3v) is 12.4. The molecule has 0 radical (unpaired) electrons. The molecule has 0 bridgehead atoms. The molecule has 54 heavy (non-hydrogen) atoms. The van der Waals surface area contributed by atoms with Gasteiger partial charge in [0.15, 0.2) is 0 Å². The first-order valence-electron chi connectivity index (χ1n) is 19.7. The van der Waals surface area contributed by atoms with Crippen molar-refractivity contribution in [2.45, 2.75) is 83.1 Å². The average Bonchev–Trinajstić information content (AvgIpc) is 3.07. The molecule has 0 aliphatic heterocycles. The molecule has 8 rings (SSSR count). The van der Waals surface area contributed by atoms with Crippen LogP contribution in [0.5, 0.6) is 0 Å². The largest absolute Gasteiger partial charge is 0.242 e. The maximum Gasteiger partial charge on any atom is 0.242 e. The minimum Gasteiger partial charge on any atom is -0.0674 e. The Bertz CT molecular complexity index is 2330. The minimum absolute atomic E-state index is 0.141. The van der Waals surface area contributed by atoms with Crippen LogP contribution in [0.25, 0.3) is 32.3 Å². The van der Waals surface area contributed by atoms with Gasteiger partial charge in [0, 0.05) is 0 Å². The van der Waals surface area contributed by atoms with Crippen molar-refractivity contribution in [3.63, 3.8) is 0 Å². The SMILES string of the molecule is Cc1cc(C)c(B(c2cc3ccc4cc(B(c5c(C)cc(C)cc5C)c5c(C)cc(C)cc5C)cc5ccc(c2)c3c45)c2c(C)cc(C)cc2C)c(C)c1. The van der Waals surface area contributed by atoms with Gasteiger partial charge in [-0.25, -0.2) is 0 Å². The van der Waals surface area contributed by atoms with Gasteiger partial charge in [-0.05, 0) is 115 Å². The van der Waals surface area contributed by atoms with Crippen LogP contribution >= 0.6 is 0 Å². The molecule has 0 atom stereocenters. The molecule has 0 aliphatic carbocycles. The van der Waals surface area contributed by atoms with Gasteiger partial charge in [-0.1, -0.05) is 197 Å². The molecule has 0 spiro atoms. The lowest BCUT2D eigenvalue weighted by molar-refractivity contribution is 1.34. The predicted octanol–water partition coefficient (Wildman–Crippen LogP) is 9.32. The van der Waals surface area contributed by atoms with Crippen molar-refractivity contribution in [3.05, 3.63) is 164 Å². The van der Waals surface area contributed by atoms with E-state index in [-0.39, 0.29) is 13.4 Å². The quantitative estimate of drug-likeness (QED) is 0.120. The Hall–Kier alpha value is -5.07. The van der Waals surface area contributed by atoms with Gasteiger partial charge in [0.2, 0.25) is 13.4 Å². The Kier molecular flexibility index (Phi) is 8.88. The molecule has 8 aromatic carbocycles. The van der Waals surface area contributed by atoms with Crippen LogP contribution in [0.4, 0.5) is 0 Å². The summed E-state index contributed by atoms with van der Waals surface area (Å²) in [7, 11) is 0. The highest BCUT2D eigenvalue weighted by Crippen LogP contribution is 2.34. The highest BCUT2D eigenvalue weighted by atomic mass is 14.2. The summed E-state index contributed by atoms with van der Waals surface area (Å²) in [6.45, 7) is 27.6. The minimum atomic E-state index is 0.141. The first kappa shape index (κ1) is 35.9. The molecule has 0 N–H and O–H groups in total. The highest BCUT2D eigenvalue weighted by molar-refractivity contribution is 6.97. The summed E-state index contributed by atoms with van der Waals surface area (Å²) >= 11 is 0. The topological polar surface area (TPSA) is 0 Å². The Morgan fingerprint density at radius 2 is 0.444 bits per heavy atom. The fourth-order valence-corrected chi connectivity index (χ4v) is 10.8. The molecule has 0 amide bonds. The summed E-state index contributed by atoms with van der Waals surface area (Å²) in [5.41, 5.74) is 24.6. The Morgan fingerprint density at radius 3 is 0.630 bits per heavy atom. The monoisotopic (exact) mass is 698 g/mol. The zero-order valence-corrected chi connectivity index (χ0v) is 34.4. The molecule has 0 fully saturated rings. The van der Waals surface area contributed by atoms with Gasteiger partial charge in [0.1, 0.15) is 0 Å².